The Bertz CT molecular complexity index is 625. The number of likely N-dealkylation sites (tertiary alicyclic amines) is 1. The van der Waals surface area contributed by atoms with Crippen molar-refractivity contribution in [3.8, 4) is 11.5 Å². The predicted octanol–water partition coefficient (Wildman–Crippen LogP) is 2.23. The lowest BCUT2D eigenvalue weighted by Gasteiger charge is -2.40. The Morgan fingerprint density at radius 2 is 1.87 bits per heavy atom. The monoisotopic (exact) mass is 319 g/mol. The quantitative estimate of drug-likeness (QED) is 0.900. The first kappa shape index (κ1) is 15.6. The van der Waals surface area contributed by atoms with Crippen molar-refractivity contribution in [2.45, 2.75) is 37.8 Å². The van der Waals surface area contributed by atoms with Crippen LogP contribution in [-0.4, -0.2) is 42.1 Å². The number of methoxy groups -OCH3 is 2. The number of carboxylic acids is 1. The van der Waals surface area contributed by atoms with Gasteiger partial charge in [0.05, 0.1) is 26.2 Å². The van der Waals surface area contributed by atoms with Gasteiger partial charge in [-0.2, -0.15) is 0 Å². The number of benzene rings is 1. The minimum Gasteiger partial charge on any atom is -0.493 e. The van der Waals surface area contributed by atoms with Crippen molar-refractivity contribution >= 4 is 11.9 Å². The average Bonchev–Trinajstić information content (AvgIpc) is 3.38. The molecule has 1 aliphatic carbocycles. The molecule has 0 aromatic heterocycles. The Morgan fingerprint density at radius 3 is 2.43 bits per heavy atom. The van der Waals surface area contributed by atoms with E-state index in [1.807, 2.05) is 6.07 Å². The highest BCUT2D eigenvalue weighted by Crippen LogP contribution is 2.45. The highest BCUT2D eigenvalue weighted by atomic mass is 16.5. The molecule has 3 rings (SSSR count). The van der Waals surface area contributed by atoms with E-state index in [1.165, 1.54) is 0 Å². The molecule has 1 heterocycles. The molecule has 2 fully saturated rings. The Morgan fingerprint density at radius 1 is 1.17 bits per heavy atom. The summed E-state index contributed by atoms with van der Waals surface area (Å²) in [4.78, 5) is 25.9. The molecule has 23 heavy (non-hydrogen) atoms. The molecule has 1 aromatic carbocycles. The molecule has 2 unspecified atom stereocenters. The molecule has 0 bridgehead atoms. The van der Waals surface area contributed by atoms with Gasteiger partial charge in [-0.15, -0.1) is 0 Å². The van der Waals surface area contributed by atoms with Gasteiger partial charge < -0.3 is 19.5 Å². The van der Waals surface area contributed by atoms with Gasteiger partial charge in [0.1, 0.15) is 0 Å². The van der Waals surface area contributed by atoms with Crippen molar-refractivity contribution in [1.29, 1.82) is 0 Å². The molecule has 2 aliphatic rings. The molecule has 124 valence electrons. The number of piperidine rings is 1. The lowest BCUT2D eigenvalue weighted by atomic mass is 9.84. The summed E-state index contributed by atoms with van der Waals surface area (Å²) in [5, 5.41) is 9.61. The van der Waals surface area contributed by atoms with E-state index in [0.717, 1.165) is 18.4 Å². The standard InChI is InChI=1S/C17H21NO5/c1-22-13-7-3-10(9-14(13)23-2)16-12(17(20)21)6-8-15(19)18(16)11-4-5-11/h3,7,9,11-12,16H,4-6,8H2,1-2H3,(H,20,21). The van der Waals surface area contributed by atoms with Crippen molar-refractivity contribution in [1.82, 2.24) is 4.90 Å². The van der Waals surface area contributed by atoms with Gasteiger partial charge in [0.15, 0.2) is 11.5 Å². The van der Waals surface area contributed by atoms with Crippen LogP contribution < -0.4 is 9.47 Å². The van der Waals surface area contributed by atoms with E-state index in [1.54, 1.807) is 31.3 Å². The topological polar surface area (TPSA) is 76.1 Å². The van der Waals surface area contributed by atoms with Crippen LogP contribution in [0.2, 0.25) is 0 Å². The summed E-state index contributed by atoms with van der Waals surface area (Å²) in [6, 6.07) is 5.10. The van der Waals surface area contributed by atoms with Crippen molar-refractivity contribution < 1.29 is 24.2 Å². The second-order valence-corrected chi connectivity index (χ2v) is 6.07. The summed E-state index contributed by atoms with van der Waals surface area (Å²) in [6.45, 7) is 0. The summed E-state index contributed by atoms with van der Waals surface area (Å²) in [7, 11) is 3.10. The van der Waals surface area contributed by atoms with E-state index in [0.29, 0.717) is 24.3 Å². The number of amides is 1. The maximum absolute atomic E-state index is 12.4. The third-order valence-electron chi connectivity index (χ3n) is 4.64. The van der Waals surface area contributed by atoms with Crippen LogP contribution in [0, 0.1) is 5.92 Å². The number of aliphatic carboxylic acids is 1. The first-order chi connectivity index (χ1) is 11.1. The number of nitrogens with zero attached hydrogens (tertiary/aromatic N) is 1. The normalized spacial score (nSPS) is 24.4. The number of carboxylic acid groups (broad SMARTS) is 1. The van der Waals surface area contributed by atoms with E-state index >= 15 is 0 Å². The molecule has 6 nitrogen and oxygen atoms in total. The van der Waals surface area contributed by atoms with E-state index in [9.17, 15) is 14.7 Å². The average molecular weight is 319 g/mol. The zero-order chi connectivity index (χ0) is 16.6. The molecular formula is C17H21NO5. The van der Waals surface area contributed by atoms with E-state index in [-0.39, 0.29) is 11.9 Å². The van der Waals surface area contributed by atoms with Crippen molar-refractivity contribution in [2.24, 2.45) is 5.92 Å². The summed E-state index contributed by atoms with van der Waals surface area (Å²) in [5.41, 5.74) is 0.787. The van der Waals surface area contributed by atoms with Gasteiger partial charge in [-0.05, 0) is 37.0 Å². The second-order valence-electron chi connectivity index (χ2n) is 6.07. The number of rotatable bonds is 5. The van der Waals surface area contributed by atoms with Gasteiger partial charge in [-0.3, -0.25) is 9.59 Å². The third-order valence-corrected chi connectivity index (χ3v) is 4.64. The van der Waals surface area contributed by atoms with Crippen LogP contribution in [-0.2, 0) is 9.59 Å². The molecule has 0 radical (unpaired) electrons. The van der Waals surface area contributed by atoms with Crippen LogP contribution in [0.25, 0.3) is 0 Å². The fraction of sp³-hybridized carbons (Fsp3) is 0.529. The Balaban J connectivity index is 2.03. The molecule has 0 spiro atoms. The Kier molecular flexibility index (Phi) is 4.15. The van der Waals surface area contributed by atoms with Gasteiger partial charge in [0.25, 0.3) is 0 Å². The highest BCUT2D eigenvalue weighted by Gasteiger charge is 2.46. The fourth-order valence-electron chi connectivity index (χ4n) is 3.39. The molecule has 1 aliphatic heterocycles. The van der Waals surface area contributed by atoms with E-state index in [2.05, 4.69) is 0 Å². The lowest BCUT2D eigenvalue weighted by Crippen LogP contribution is -2.46. The number of carbonyl (C=O) groups is 2. The van der Waals surface area contributed by atoms with E-state index in [4.69, 9.17) is 9.47 Å². The minimum absolute atomic E-state index is 0.0461. The maximum atomic E-state index is 12.4. The van der Waals surface area contributed by atoms with Crippen LogP contribution in [0.4, 0.5) is 0 Å². The van der Waals surface area contributed by atoms with Gasteiger partial charge in [0.2, 0.25) is 5.91 Å². The SMILES string of the molecule is COc1ccc(C2C(C(=O)O)CCC(=O)N2C2CC2)cc1OC. The summed E-state index contributed by atoms with van der Waals surface area (Å²) < 4.78 is 10.6. The molecule has 1 saturated carbocycles. The van der Waals surface area contributed by atoms with Crippen molar-refractivity contribution in [3.05, 3.63) is 23.8 Å². The first-order valence-electron chi connectivity index (χ1n) is 7.82. The minimum atomic E-state index is -0.858. The van der Waals surface area contributed by atoms with Crippen LogP contribution >= 0.6 is 0 Å². The largest absolute Gasteiger partial charge is 0.493 e. The van der Waals surface area contributed by atoms with Crippen molar-refractivity contribution in [3.63, 3.8) is 0 Å². The van der Waals surface area contributed by atoms with Gasteiger partial charge in [0, 0.05) is 12.5 Å². The molecule has 1 amide bonds. The lowest BCUT2D eigenvalue weighted by molar-refractivity contribution is -0.152. The molecular weight excluding hydrogens is 298 g/mol. The van der Waals surface area contributed by atoms with Gasteiger partial charge in [-0.1, -0.05) is 6.07 Å². The number of hydrogen-bond acceptors (Lipinski definition) is 4. The number of ether oxygens (including phenoxy) is 2. The third kappa shape index (κ3) is 2.85. The molecule has 2 atom stereocenters. The Hall–Kier alpha value is -2.24. The zero-order valence-corrected chi connectivity index (χ0v) is 13.3. The number of hydrogen-bond donors (Lipinski definition) is 1. The van der Waals surface area contributed by atoms with Crippen LogP contribution in [0.3, 0.4) is 0 Å². The molecule has 1 saturated heterocycles. The maximum Gasteiger partial charge on any atom is 0.308 e. The summed E-state index contributed by atoms with van der Waals surface area (Å²) in [6.07, 6.45) is 2.57. The van der Waals surface area contributed by atoms with Crippen LogP contribution in [0.1, 0.15) is 37.3 Å². The highest BCUT2D eigenvalue weighted by molar-refractivity contribution is 5.82. The number of carbonyl (C=O) groups excluding carboxylic acids is 1. The smallest absolute Gasteiger partial charge is 0.308 e. The zero-order valence-electron chi connectivity index (χ0n) is 13.3. The first-order valence-corrected chi connectivity index (χ1v) is 7.82. The summed E-state index contributed by atoms with van der Waals surface area (Å²) >= 11 is 0. The molecule has 1 aromatic rings. The van der Waals surface area contributed by atoms with Gasteiger partial charge in [-0.25, -0.2) is 0 Å². The molecule has 6 heteroatoms. The summed E-state index contributed by atoms with van der Waals surface area (Å²) in [5.74, 6) is -0.273. The Labute approximate surface area is 135 Å². The van der Waals surface area contributed by atoms with Crippen molar-refractivity contribution in [2.75, 3.05) is 14.2 Å². The molecule has 1 N–H and O–H groups in total. The van der Waals surface area contributed by atoms with Crippen LogP contribution in [0.15, 0.2) is 18.2 Å². The fourth-order valence-corrected chi connectivity index (χ4v) is 3.39. The van der Waals surface area contributed by atoms with Crippen LogP contribution in [0.5, 0.6) is 11.5 Å². The van der Waals surface area contributed by atoms with Gasteiger partial charge >= 0.3 is 5.97 Å². The predicted molar refractivity (Wildman–Crippen MR) is 82.5 cm³/mol. The van der Waals surface area contributed by atoms with E-state index < -0.39 is 17.9 Å². The second kappa shape index (κ2) is 6.10.